The van der Waals surface area contributed by atoms with E-state index in [4.69, 9.17) is 5.26 Å². The summed E-state index contributed by atoms with van der Waals surface area (Å²) in [5.74, 6) is 0.0956. The molecule has 1 N–H and O–H groups in total. The number of unbranched alkanes of at least 4 members (excludes halogenated alkanes) is 1. The zero-order valence-corrected chi connectivity index (χ0v) is 7.05. The average molecular weight is 167 g/mol. The molecule has 66 valence electrons. The Morgan fingerprint density at radius 2 is 2.50 bits per heavy atom. The van der Waals surface area contributed by atoms with Crippen molar-refractivity contribution in [3.8, 4) is 6.07 Å². The van der Waals surface area contributed by atoms with Crippen LogP contribution in [0.25, 0.3) is 0 Å². The molecule has 0 aromatic rings. The minimum atomic E-state index is 0.0956. The number of hydrogen-bond acceptors (Lipinski definition) is 3. The zero-order chi connectivity index (χ0) is 8.81. The lowest BCUT2D eigenvalue weighted by molar-refractivity contribution is -0.124. The van der Waals surface area contributed by atoms with Crippen LogP contribution in [0.15, 0.2) is 0 Å². The third-order valence-electron chi connectivity index (χ3n) is 1.88. The third-order valence-corrected chi connectivity index (χ3v) is 1.88. The molecule has 0 radical (unpaired) electrons. The van der Waals surface area contributed by atoms with Crippen molar-refractivity contribution in [2.24, 2.45) is 0 Å². The van der Waals surface area contributed by atoms with Gasteiger partial charge in [-0.05, 0) is 13.0 Å². The number of carbonyl (C=O) groups is 1. The van der Waals surface area contributed by atoms with E-state index in [2.05, 4.69) is 16.3 Å². The molecule has 1 heterocycles. The van der Waals surface area contributed by atoms with Crippen molar-refractivity contribution in [3.05, 3.63) is 0 Å². The maximum Gasteiger partial charge on any atom is 0.234 e. The van der Waals surface area contributed by atoms with E-state index in [9.17, 15) is 4.79 Å². The Hall–Kier alpha value is -1.08. The van der Waals surface area contributed by atoms with Crippen molar-refractivity contribution in [3.63, 3.8) is 0 Å². The molecule has 0 saturated carbocycles. The molecular formula is C8H13N3O. The lowest BCUT2D eigenvalue weighted by Crippen LogP contribution is -2.47. The SMILES string of the molecule is N#CCCCN1CCNC(=O)C1. The molecule has 1 aliphatic rings. The highest BCUT2D eigenvalue weighted by Gasteiger charge is 2.14. The van der Waals surface area contributed by atoms with E-state index in [0.717, 1.165) is 26.1 Å². The van der Waals surface area contributed by atoms with E-state index < -0.39 is 0 Å². The Morgan fingerprint density at radius 3 is 3.17 bits per heavy atom. The molecule has 12 heavy (non-hydrogen) atoms. The molecule has 1 aliphatic heterocycles. The second-order valence-electron chi connectivity index (χ2n) is 2.89. The number of nitrogens with one attached hydrogen (secondary N) is 1. The number of carbonyl (C=O) groups excluding carboxylic acids is 1. The van der Waals surface area contributed by atoms with Gasteiger partial charge in [0.2, 0.25) is 5.91 Å². The Balaban J connectivity index is 2.15. The monoisotopic (exact) mass is 167 g/mol. The van der Waals surface area contributed by atoms with Gasteiger partial charge in [0.1, 0.15) is 0 Å². The van der Waals surface area contributed by atoms with Gasteiger partial charge in [-0.25, -0.2) is 0 Å². The Labute approximate surface area is 72.2 Å². The van der Waals surface area contributed by atoms with Crippen LogP contribution in [-0.4, -0.2) is 37.0 Å². The molecular weight excluding hydrogens is 154 g/mol. The number of amides is 1. The van der Waals surface area contributed by atoms with E-state index in [1.807, 2.05) is 0 Å². The minimum Gasteiger partial charge on any atom is -0.354 e. The van der Waals surface area contributed by atoms with Crippen LogP contribution in [-0.2, 0) is 4.79 Å². The van der Waals surface area contributed by atoms with Crippen molar-refractivity contribution >= 4 is 5.91 Å². The van der Waals surface area contributed by atoms with Crippen LogP contribution < -0.4 is 5.32 Å². The van der Waals surface area contributed by atoms with E-state index in [-0.39, 0.29) is 5.91 Å². The fourth-order valence-electron chi connectivity index (χ4n) is 1.26. The van der Waals surface area contributed by atoms with Crippen LogP contribution in [0.5, 0.6) is 0 Å². The lowest BCUT2D eigenvalue weighted by Gasteiger charge is -2.25. The smallest absolute Gasteiger partial charge is 0.234 e. The van der Waals surface area contributed by atoms with Gasteiger partial charge in [-0.15, -0.1) is 0 Å². The summed E-state index contributed by atoms with van der Waals surface area (Å²) in [6.45, 7) is 3.01. The fraction of sp³-hybridized carbons (Fsp3) is 0.750. The number of rotatable bonds is 3. The van der Waals surface area contributed by atoms with E-state index >= 15 is 0 Å². The first kappa shape index (κ1) is 9.01. The Bertz CT molecular complexity index is 197. The molecule has 1 amide bonds. The first-order chi connectivity index (χ1) is 5.83. The first-order valence-corrected chi connectivity index (χ1v) is 4.19. The zero-order valence-electron chi connectivity index (χ0n) is 7.05. The van der Waals surface area contributed by atoms with Crippen molar-refractivity contribution in [1.29, 1.82) is 5.26 Å². The number of nitriles is 1. The summed E-state index contributed by atoms with van der Waals surface area (Å²) < 4.78 is 0. The summed E-state index contributed by atoms with van der Waals surface area (Å²) in [4.78, 5) is 13.0. The van der Waals surface area contributed by atoms with Gasteiger partial charge < -0.3 is 5.32 Å². The van der Waals surface area contributed by atoms with Gasteiger partial charge in [-0.2, -0.15) is 5.26 Å². The first-order valence-electron chi connectivity index (χ1n) is 4.19. The lowest BCUT2D eigenvalue weighted by atomic mass is 10.3. The Morgan fingerprint density at radius 1 is 1.67 bits per heavy atom. The molecule has 0 aromatic heterocycles. The topological polar surface area (TPSA) is 56.1 Å². The van der Waals surface area contributed by atoms with Crippen molar-refractivity contribution in [2.45, 2.75) is 12.8 Å². The molecule has 0 unspecified atom stereocenters. The van der Waals surface area contributed by atoms with Crippen LogP contribution in [0.2, 0.25) is 0 Å². The average Bonchev–Trinajstić information content (AvgIpc) is 2.05. The quantitative estimate of drug-likeness (QED) is 0.588. The third kappa shape index (κ3) is 2.89. The van der Waals surface area contributed by atoms with Gasteiger partial charge >= 0.3 is 0 Å². The molecule has 0 atom stereocenters. The summed E-state index contributed by atoms with van der Waals surface area (Å²) in [7, 11) is 0. The predicted molar refractivity (Wildman–Crippen MR) is 44.3 cm³/mol. The number of hydrogen-bond donors (Lipinski definition) is 1. The highest BCUT2D eigenvalue weighted by molar-refractivity contribution is 5.78. The minimum absolute atomic E-state index is 0.0956. The molecule has 4 nitrogen and oxygen atoms in total. The largest absolute Gasteiger partial charge is 0.354 e. The predicted octanol–water partition coefficient (Wildman–Crippen LogP) is -0.278. The van der Waals surface area contributed by atoms with Crippen LogP contribution in [0.3, 0.4) is 0 Å². The van der Waals surface area contributed by atoms with Crippen molar-refractivity contribution in [2.75, 3.05) is 26.2 Å². The molecule has 0 aromatic carbocycles. The van der Waals surface area contributed by atoms with Gasteiger partial charge in [-0.1, -0.05) is 0 Å². The summed E-state index contributed by atoms with van der Waals surface area (Å²) in [6.07, 6.45) is 1.45. The van der Waals surface area contributed by atoms with E-state index in [0.29, 0.717) is 13.0 Å². The maximum absolute atomic E-state index is 10.9. The van der Waals surface area contributed by atoms with E-state index in [1.54, 1.807) is 0 Å². The van der Waals surface area contributed by atoms with Crippen molar-refractivity contribution in [1.82, 2.24) is 10.2 Å². The van der Waals surface area contributed by atoms with Crippen LogP contribution in [0.1, 0.15) is 12.8 Å². The van der Waals surface area contributed by atoms with Gasteiger partial charge in [0.05, 0.1) is 12.6 Å². The highest BCUT2D eigenvalue weighted by Crippen LogP contribution is 1.96. The van der Waals surface area contributed by atoms with E-state index in [1.165, 1.54) is 0 Å². The highest BCUT2D eigenvalue weighted by atomic mass is 16.2. The van der Waals surface area contributed by atoms with Crippen molar-refractivity contribution < 1.29 is 4.79 Å². The van der Waals surface area contributed by atoms with Gasteiger partial charge in [-0.3, -0.25) is 9.69 Å². The van der Waals surface area contributed by atoms with Gasteiger partial charge in [0.15, 0.2) is 0 Å². The molecule has 0 aliphatic carbocycles. The standard InChI is InChI=1S/C8H13N3O/c9-3-1-2-5-11-6-4-10-8(12)7-11/h1-2,4-7H2,(H,10,12). The summed E-state index contributed by atoms with van der Waals surface area (Å²) in [6, 6.07) is 2.09. The van der Waals surface area contributed by atoms with Crippen LogP contribution in [0.4, 0.5) is 0 Å². The molecule has 1 rings (SSSR count). The maximum atomic E-state index is 10.9. The van der Waals surface area contributed by atoms with Crippen LogP contribution in [0, 0.1) is 11.3 Å². The summed E-state index contributed by atoms with van der Waals surface area (Å²) in [5, 5.41) is 11.1. The van der Waals surface area contributed by atoms with Gasteiger partial charge in [0, 0.05) is 19.5 Å². The normalized spacial score (nSPS) is 18.4. The summed E-state index contributed by atoms with van der Waals surface area (Å²) in [5.41, 5.74) is 0. The molecule has 1 fully saturated rings. The molecule has 0 bridgehead atoms. The second-order valence-corrected chi connectivity index (χ2v) is 2.89. The number of piperazine rings is 1. The van der Waals surface area contributed by atoms with Crippen LogP contribution >= 0.6 is 0 Å². The second kappa shape index (κ2) is 4.73. The molecule has 0 spiro atoms. The molecule has 1 saturated heterocycles. The summed E-state index contributed by atoms with van der Waals surface area (Å²) >= 11 is 0. The number of nitrogens with zero attached hydrogens (tertiary/aromatic N) is 2. The fourth-order valence-corrected chi connectivity index (χ4v) is 1.26. The molecule has 4 heteroatoms. The Kier molecular flexibility index (Phi) is 3.55. The van der Waals surface area contributed by atoms with Gasteiger partial charge in [0.25, 0.3) is 0 Å².